The summed E-state index contributed by atoms with van der Waals surface area (Å²) in [4.78, 5) is 17.9. The standard InChI is InChI=1S/C15H26N4O3/c1-11(2)9-12(3)22-14(20)19-7-5-15(21,6-8-19)13-16-10-17-18(13)4/h10-12,21H,5-9H2,1-4H3. The summed E-state index contributed by atoms with van der Waals surface area (Å²) in [6.07, 6.45) is 2.77. The number of hydrogen-bond donors (Lipinski definition) is 1. The first-order valence-corrected chi connectivity index (χ1v) is 7.84. The van der Waals surface area contributed by atoms with Gasteiger partial charge in [-0.3, -0.25) is 4.68 Å². The second-order valence-corrected chi connectivity index (χ2v) is 6.55. The lowest BCUT2D eigenvalue weighted by Crippen LogP contribution is -2.47. The monoisotopic (exact) mass is 310 g/mol. The molecule has 1 aromatic rings. The van der Waals surface area contributed by atoms with Crippen LogP contribution in [0.15, 0.2) is 6.33 Å². The zero-order valence-electron chi connectivity index (χ0n) is 13.8. The number of aryl methyl sites for hydroxylation is 1. The van der Waals surface area contributed by atoms with Crippen molar-refractivity contribution in [1.82, 2.24) is 19.7 Å². The molecule has 0 bridgehead atoms. The van der Waals surface area contributed by atoms with E-state index in [0.29, 0.717) is 37.7 Å². The maximum atomic E-state index is 12.1. The number of carbonyl (C=O) groups excluding carboxylic acids is 1. The van der Waals surface area contributed by atoms with E-state index in [9.17, 15) is 9.90 Å². The number of aromatic nitrogens is 3. The molecule has 1 unspecified atom stereocenters. The Morgan fingerprint density at radius 2 is 2.05 bits per heavy atom. The molecule has 0 aromatic carbocycles. The number of likely N-dealkylation sites (tertiary alicyclic amines) is 1. The highest BCUT2D eigenvalue weighted by molar-refractivity contribution is 5.68. The first-order valence-electron chi connectivity index (χ1n) is 7.84. The molecular weight excluding hydrogens is 284 g/mol. The van der Waals surface area contributed by atoms with E-state index in [0.717, 1.165) is 6.42 Å². The van der Waals surface area contributed by atoms with Gasteiger partial charge in [-0.1, -0.05) is 13.8 Å². The second-order valence-electron chi connectivity index (χ2n) is 6.55. The Morgan fingerprint density at radius 1 is 1.41 bits per heavy atom. The van der Waals surface area contributed by atoms with E-state index in [4.69, 9.17) is 4.74 Å². The van der Waals surface area contributed by atoms with Crippen LogP contribution >= 0.6 is 0 Å². The molecule has 0 spiro atoms. The lowest BCUT2D eigenvalue weighted by atomic mass is 9.90. The minimum Gasteiger partial charge on any atom is -0.446 e. The van der Waals surface area contributed by atoms with Crippen molar-refractivity contribution in [3.05, 3.63) is 12.2 Å². The predicted molar refractivity (Wildman–Crippen MR) is 81.1 cm³/mol. The topological polar surface area (TPSA) is 80.5 Å². The number of amides is 1. The van der Waals surface area contributed by atoms with Gasteiger partial charge in [0.05, 0.1) is 0 Å². The molecule has 1 N–H and O–H groups in total. The Balaban J connectivity index is 1.89. The highest BCUT2D eigenvalue weighted by atomic mass is 16.6. The Kier molecular flexibility index (Phi) is 5.05. The van der Waals surface area contributed by atoms with Crippen LogP contribution in [0.1, 0.15) is 45.9 Å². The number of rotatable bonds is 4. The van der Waals surface area contributed by atoms with Gasteiger partial charge in [0.1, 0.15) is 18.0 Å². The van der Waals surface area contributed by atoms with E-state index in [1.807, 2.05) is 6.92 Å². The molecule has 0 radical (unpaired) electrons. The van der Waals surface area contributed by atoms with Crippen LogP contribution in [0.4, 0.5) is 4.79 Å². The van der Waals surface area contributed by atoms with Gasteiger partial charge in [-0.05, 0) is 19.3 Å². The molecular formula is C15H26N4O3. The van der Waals surface area contributed by atoms with Crippen molar-refractivity contribution in [2.45, 2.75) is 51.7 Å². The fourth-order valence-corrected chi connectivity index (χ4v) is 2.96. The summed E-state index contributed by atoms with van der Waals surface area (Å²) in [5.74, 6) is 1.04. The minimum absolute atomic E-state index is 0.0907. The molecule has 2 heterocycles. The maximum absolute atomic E-state index is 12.1. The van der Waals surface area contributed by atoms with Crippen molar-refractivity contribution in [3.8, 4) is 0 Å². The summed E-state index contributed by atoms with van der Waals surface area (Å²) >= 11 is 0. The summed E-state index contributed by atoms with van der Waals surface area (Å²) in [6, 6.07) is 0. The molecule has 1 saturated heterocycles. The van der Waals surface area contributed by atoms with Crippen molar-refractivity contribution in [1.29, 1.82) is 0 Å². The molecule has 22 heavy (non-hydrogen) atoms. The summed E-state index contributed by atoms with van der Waals surface area (Å²) in [5, 5.41) is 14.7. The van der Waals surface area contributed by atoms with Crippen molar-refractivity contribution in [2.75, 3.05) is 13.1 Å². The first kappa shape index (κ1) is 16.7. The van der Waals surface area contributed by atoms with Gasteiger partial charge in [-0.15, -0.1) is 0 Å². The maximum Gasteiger partial charge on any atom is 0.410 e. The molecule has 7 nitrogen and oxygen atoms in total. The van der Waals surface area contributed by atoms with Crippen LogP contribution in [0.2, 0.25) is 0 Å². The molecule has 1 amide bonds. The Morgan fingerprint density at radius 3 is 2.55 bits per heavy atom. The van der Waals surface area contributed by atoms with Gasteiger partial charge in [0.2, 0.25) is 0 Å². The average Bonchev–Trinajstić information content (AvgIpc) is 2.85. The minimum atomic E-state index is -1.02. The number of ether oxygens (including phenoxy) is 1. The van der Waals surface area contributed by atoms with Gasteiger partial charge < -0.3 is 14.7 Å². The average molecular weight is 310 g/mol. The van der Waals surface area contributed by atoms with E-state index in [1.54, 1.807) is 16.6 Å². The molecule has 1 aliphatic rings. The lowest BCUT2D eigenvalue weighted by molar-refractivity contribution is -0.0373. The van der Waals surface area contributed by atoms with E-state index in [1.165, 1.54) is 6.33 Å². The van der Waals surface area contributed by atoms with Crippen LogP contribution in [-0.4, -0.2) is 50.1 Å². The van der Waals surface area contributed by atoms with Gasteiger partial charge in [0, 0.05) is 33.0 Å². The predicted octanol–water partition coefficient (Wildman–Crippen LogP) is 1.67. The summed E-state index contributed by atoms with van der Waals surface area (Å²) in [5.41, 5.74) is -1.02. The molecule has 1 aromatic heterocycles. The van der Waals surface area contributed by atoms with Crippen molar-refractivity contribution < 1.29 is 14.6 Å². The molecule has 0 saturated carbocycles. The summed E-state index contributed by atoms with van der Waals surface area (Å²) in [7, 11) is 1.76. The van der Waals surface area contributed by atoms with Gasteiger partial charge in [-0.25, -0.2) is 9.78 Å². The Labute approximate surface area is 131 Å². The molecule has 2 rings (SSSR count). The molecule has 7 heteroatoms. The smallest absolute Gasteiger partial charge is 0.410 e. The van der Waals surface area contributed by atoms with Crippen LogP contribution in [0.3, 0.4) is 0 Å². The zero-order chi connectivity index (χ0) is 16.3. The molecule has 1 fully saturated rings. The number of nitrogens with zero attached hydrogens (tertiary/aromatic N) is 4. The van der Waals surface area contributed by atoms with Crippen LogP contribution in [0.25, 0.3) is 0 Å². The molecule has 0 aliphatic carbocycles. The molecule has 1 atom stereocenters. The highest BCUT2D eigenvalue weighted by Gasteiger charge is 2.39. The van der Waals surface area contributed by atoms with Crippen LogP contribution < -0.4 is 0 Å². The van der Waals surface area contributed by atoms with Gasteiger partial charge in [0.25, 0.3) is 0 Å². The Bertz CT molecular complexity index is 507. The lowest BCUT2D eigenvalue weighted by Gasteiger charge is -2.37. The largest absolute Gasteiger partial charge is 0.446 e. The zero-order valence-corrected chi connectivity index (χ0v) is 13.8. The van der Waals surface area contributed by atoms with E-state index in [-0.39, 0.29) is 12.2 Å². The number of carbonyl (C=O) groups is 1. The fourth-order valence-electron chi connectivity index (χ4n) is 2.96. The van der Waals surface area contributed by atoms with Crippen molar-refractivity contribution in [2.24, 2.45) is 13.0 Å². The third-order valence-electron chi connectivity index (χ3n) is 4.08. The molecule has 1 aliphatic heterocycles. The third kappa shape index (κ3) is 3.76. The number of aliphatic hydroxyl groups is 1. The van der Waals surface area contributed by atoms with Gasteiger partial charge >= 0.3 is 6.09 Å². The van der Waals surface area contributed by atoms with Crippen LogP contribution in [0.5, 0.6) is 0 Å². The second kappa shape index (κ2) is 6.64. The normalized spacial score (nSPS) is 19.3. The van der Waals surface area contributed by atoms with Crippen molar-refractivity contribution in [3.63, 3.8) is 0 Å². The summed E-state index contributed by atoms with van der Waals surface area (Å²) in [6.45, 7) is 7.03. The molecule has 124 valence electrons. The van der Waals surface area contributed by atoms with Crippen molar-refractivity contribution >= 4 is 6.09 Å². The van der Waals surface area contributed by atoms with Gasteiger partial charge in [0.15, 0.2) is 5.82 Å². The SMILES string of the molecule is CC(C)CC(C)OC(=O)N1CCC(O)(c2ncnn2C)CC1. The number of hydrogen-bond acceptors (Lipinski definition) is 5. The first-order chi connectivity index (χ1) is 10.3. The van der Waals surface area contributed by atoms with Crippen LogP contribution in [0, 0.1) is 5.92 Å². The van der Waals surface area contributed by atoms with Gasteiger partial charge in [-0.2, -0.15) is 5.10 Å². The third-order valence-corrected chi connectivity index (χ3v) is 4.08. The van der Waals surface area contributed by atoms with Crippen LogP contribution in [-0.2, 0) is 17.4 Å². The van der Waals surface area contributed by atoms with E-state index in [2.05, 4.69) is 23.9 Å². The number of piperidine rings is 1. The highest BCUT2D eigenvalue weighted by Crippen LogP contribution is 2.31. The van der Waals surface area contributed by atoms with E-state index < -0.39 is 5.60 Å². The van der Waals surface area contributed by atoms with E-state index >= 15 is 0 Å². The summed E-state index contributed by atoms with van der Waals surface area (Å²) < 4.78 is 7.04. The quantitative estimate of drug-likeness (QED) is 0.915. The Hall–Kier alpha value is -1.63. The fraction of sp³-hybridized carbons (Fsp3) is 0.800.